The molecule has 0 fully saturated rings. The van der Waals surface area contributed by atoms with E-state index in [9.17, 15) is 4.79 Å². The molecule has 0 saturated carbocycles. The number of thiophene rings is 1. The van der Waals surface area contributed by atoms with Crippen LogP contribution in [0.25, 0.3) is 23.1 Å². The lowest BCUT2D eigenvalue weighted by Gasteiger charge is -2.08. The van der Waals surface area contributed by atoms with Crippen molar-refractivity contribution in [1.82, 2.24) is 10.2 Å². The number of para-hydroxylation sites is 2. The molecule has 2 aromatic heterocycles. The zero-order valence-corrected chi connectivity index (χ0v) is 15.4. The maximum absolute atomic E-state index is 12.6. The maximum atomic E-state index is 12.6. The highest BCUT2D eigenvalue weighted by atomic mass is 32.1. The Bertz CT molecular complexity index is 1130. The van der Waals surface area contributed by atoms with Crippen LogP contribution < -0.4 is 10.1 Å². The Hall–Kier alpha value is -3.38. The normalized spacial score (nSPS) is 11.1. The summed E-state index contributed by atoms with van der Waals surface area (Å²) in [4.78, 5) is 12.6. The van der Waals surface area contributed by atoms with Crippen molar-refractivity contribution in [1.29, 1.82) is 0 Å². The first-order valence-corrected chi connectivity index (χ1v) is 9.32. The van der Waals surface area contributed by atoms with Crippen LogP contribution >= 0.6 is 11.3 Å². The van der Waals surface area contributed by atoms with Crippen molar-refractivity contribution in [2.24, 2.45) is 0 Å². The van der Waals surface area contributed by atoms with Gasteiger partial charge in [0.25, 0.3) is 5.91 Å². The third-order valence-corrected chi connectivity index (χ3v) is 4.94. The van der Waals surface area contributed by atoms with Crippen molar-refractivity contribution < 1.29 is 9.53 Å². The average molecular weight is 375 g/mol. The van der Waals surface area contributed by atoms with Gasteiger partial charge >= 0.3 is 0 Å². The molecule has 0 atom stereocenters. The fourth-order valence-corrected chi connectivity index (χ4v) is 3.61. The standard InChI is InChI=1S/C21H17N3O2S/c1-26-20-13-27-12-16(20)21(25)22-17-8-4-2-6-14(17)10-11-19-15-7-3-5-9-18(15)23-24-19/h2-13H,1H3,(H,22,25)(H,23,24). The quantitative estimate of drug-likeness (QED) is 0.513. The zero-order chi connectivity index (χ0) is 18.6. The second-order valence-electron chi connectivity index (χ2n) is 5.88. The van der Waals surface area contributed by atoms with Gasteiger partial charge in [-0.15, -0.1) is 11.3 Å². The fraction of sp³-hybridized carbons (Fsp3) is 0.0476. The van der Waals surface area contributed by atoms with E-state index in [2.05, 4.69) is 15.5 Å². The minimum atomic E-state index is -0.195. The highest BCUT2D eigenvalue weighted by Crippen LogP contribution is 2.26. The van der Waals surface area contributed by atoms with Gasteiger partial charge in [0.1, 0.15) is 5.75 Å². The van der Waals surface area contributed by atoms with E-state index in [1.165, 1.54) is 11.3 Å². The molecule has 2 aromatic carbocycles. The molecule has 6 heteroatoms. The second-order valence-corrected chi connectivity index (χ2v) is 6.63. The smallest absolute Gasteiger partial charge is 0.260 e. The van der Waals surface area contributed by atoms with Gasteiger partial charge in [0.15, 0.2) is 0 Å². The third kappa shape index (κ3) is 3.47. The van der Waals surface area contributed by atoms with E-state index in [4.69, 9.17) is 4.74 Å². The van der Waals surface area contributed by atoms with E-state index in [-0.39, 0.29) is 5.91 Å². The molecule has 4 rings (SSSR count). The Balaban J connectivity index is 1.60. The molecular formula is C21H17N3O2S. The summed E-state index contributed by atoms with van der Waals surface area (Å²) in [7, 11) is 1.56. The Morgan fingerprint density at radius 1 is 1.11 bits per heavy atom. The van der Waals surface area contributed by atoms with E-state index in [1.54, 1.807) is 12.5 Å². The number of aromatic amines is 1. The number of carbonyl (C=O) groups is 1. The van der Waals surface area contributed by atoms with Gasteiger partial charge in [-0.3, -0.25) is 9.89 Å². The molecule has 0 aliphatic rings. The first kappa shape index (κ1) is 17.1. The van der Waals surface area contributed by atoms with E-state index in [0.29, 0.717) is 11.3 Å². The van der Waals surface area contributed by atoms with Gasteiger partial charge in [0.2, 0.25) is 0 Å². The van der Waals surface area contributed by atoms with E-state index >= 15 is 0 Å². The lowest BCUT2D eigenvalue weighted by atomic mass is 10.1. The largest absolute Gasteiger partial charge is 0.495 e. The Labute approximate surface area is 160 Å². The molecule has 2 N–H and O–H groups in total. The molecule has 1 amide bonds. The van der Waals surface area contributed by atoms with Crippen molar-refractivity contribution in [3.8, 4) is 5.75 Å². The van der Waals surface area contributed by atoms with Gasteiger partial charge < -0.3 is 10.1 Å². The minimum Gasteiger partial charge on any atom is -0.495 e. The lowest BCUT2D eigenvalue weighted by Crippen LogP contribution is -2.12. The van der Waals surface area contributed by atoms with Crippen LogP contribution in [0.15, 0.2) is 59.3 Å². The molecule has 0 radical (unpaired) electrons. The molecule has 0 unspecified atom stereocenters. The number of nitrogens with one attached hydrogen (secondary N) is 2. The monoisotopic (exact) mass is 375 g/mol. The predicted octanol–water partition coefficient (Wildman–Crippen LogP) is 5.06. The van der Waals surface area contributed by atoms with Gasteiger partial charge in [-0.05, 0) is 23.8 Å². The van der Waals surface area contributed by atoms with Gasteiger partial charge in [-0.1, -0.05) is 42.5 Å². The number of benzene rings is 2. The molecule has 0 aliphatic heterocycles. The summed E-state index contributed by atoms with van der Waals surface area (Å²) in [6, 6.07) is 15.6. The molecule has 5 nitrogen and oxygen atoms in total. The number of hydrogen-bond donors (Lipinski definition) is 2. The molecule has 0 saturated heterocycles. The molecule has 134 valence electrons. The predicted molar refractivity (Wildman–Crippen MR) is 110 cm³/mol. The summed E-state index contributed by atoms with van der Waals surface area (Å²) < 4.78 is 5.24. The van der Waals surface area contributed by atoms with Crippen molar-refractivity contribution in [3.05, 3.63) is 76.1 Å². The Morgan fingerprint density at radius 3 is 2.81 bits per heavy atom. The first-order valence-electron chi connectivity index (χ1n) is 8.38. The number of hydrogen-bond acceptors (Lipinski definition) is 4. The number of ether oxygens (including phenoxy) is 1. The molecule has 27 heavy (non-hydrogen) atoms. The van der Waals surface area contributed by atoms with Crippen LogP contribution in [0.3, 0.4) is 0 Å². The van der Waals surface area contributed by atoms with Crippen LogP contribution in [-0.2, 0) is 0 Å². The summed E-state index contributed by atoms with van der Waals surface area (Å²) in [5, 5.41) is 15.0. The number of anilines is 1. The van der Waals surface area contributed by atoms with Gasteiger partial charge in [-0.2, -0.15) is 5.10 Å². The number of fused-ring (bicyclic) bond motifs is 1. The molecule has 0 aliphatic carbocycles. The van der Waals surface area contributed by atoms with Crippen LogP contribution in [0.2, 0.25) is 0 Å². The van der Waals surface area contributed by atoms with Crippen molar-refractivity contribution in [2.75, 3.05) is 12.4 Å². The van der Waals surface area contributed by atoms with Crippen molar-refractivity contribution in [3.63, 3.8) is 0 Å². The third-order valence-electron chi connectivity index (χ3n) is 4.22. The summed E-state index contributed by atoms with van der Waals surface area (Å²) >= 11 is 1.43. The average Bonchev–Trinajstić information content (AvgIpc) is 3.34. The number of aromatic nitrogens is 2. The number of H-pyrrole nitrogens is 1. The highest BCUT2D eigenvalue weighted by molar-refractivity contribution is 7.08. The second kappa shape index (κ2) is 7.47. The minimum absolute atomic E-state index is 0.195. The van der Waals surface area contributed by atoms with Crippen LogP contribution in [0, 0.1) is 0 Å². The number of nitrogens with zero attached hydrogens (tertiary/aromatic N) is 1. The maximum Gasteiger partial charge on any atom is 0.260 e. The van der Waals surface area contributed by atoms with Gasteiger partial charge in [-0.25, -0.2) is 0 Å². The molecule has 0 bridgehead atoms. The number of methoxy groups -OCH3 is 1. The van der Waals surface area contributed by atoms with Crippen LogP contribution in [0.5, 0.6) is 5.75 Å². The van der Waals surface area contributed by atoms with Crippen LogP contribution in [0.1, 0.15) is 21.6 Å². The number of carbonyl (C=O) groups excluding carboxylic acids is 1. The van der Waals surface area contributed by atoms with Gasteiger partial charge in [0, 0.05) is 21.8 Å². The van der Waals surface area contributed by atoms with Crippen molar-refractivity contribution >= 4 is 46.0 Å². The Morgan fingerprint density at radius 2 is 1.93 bits per heavy atom. The van der Waals surface area contributed by atoms with E-state index in [0.717, 1.165) is 27.8 Å². The lowest BCUT2D eigenvalue weighted by molar-refractivity contribution is 0.102. The van der Waals surface area contributed by atoms with Crippen molar-refractivity contribution in [2.45, 2.75) is 0 Å². The molecule has 0 spiro atoms. The Kier molecular flexibility index (Phi) is 4.72. The summed E-state index contributed by atoms with van der Waals surface area (Å²) in [6.07, 6.45) is 3.89. The van der Waals surface area contributed by atoms with E-state index < -0.39 is 0 Å². The van der Waals surface area contributed by atoms with Crippen LogP contribution in [-0.4, -0.2) is 23.2 Å². The molecule has 4 aromatic rings. The summed E-state index contributed by atoms with van der Waals surface area (Å²) in [5.41, 5.74) is 3.99. The van der Waals surface area contributed by atoms with Crippen LogP contribution in [0.4, 0.5) is 5.69 Å². The highest BCUT2D eigenvalue weighted by Gasteiger charge is 2.14. The van der Waals surface area contributed by atoms with E-state index in [1.807, 2.05) is 66.1 Å². The van der Waals surface area contributed by atoms with Gasteiger partial charge in [0.05, 0.1) is 23.9 Å². The number of rotatable bonds is 5. The summed E-state index contributed by atoms with van der Waals surface area (Å²) in [6.45, 7) is 0. The SMILES string of the molecule is COc1cscc1C(=O)Nc1ccccc1C=Cc1n[nH]c2ccccc12. The first-order chi connectivity index (χ1) is 13.3. The number of amides is 1. The molecule has 2 heterocycles. The zero-order valence-electron chi connectivity index (χ0n) is 14.6. The summed E-state index contributed by atoms with van der Waals surface area (Å²) in [5.74, 6) is 0.382. The fourth-order valence-electron chi connectivity index (χ4n) is 2.84. The molecular weight excluding hydrogens is 358 g/mol. The topological polar surface area (TPSA) is 67.0 Å².